The van der Waals surface area contributed by atoms with Crippen LogP contribution in [0.1, 0.15) is 12.5 Å². The summed E-state index contributed by atoms with van der Waals surface area (Å²) in [5.41, 5.74) is 1.89. The lowest BCUT2D eigenvalue weighted by Gasteiger charge is -2.08. The Morgan fingerprint density at radius 3 is 2.68 bits per heavy atom. The average Bonchev–Trinajstić information content (AvgIpc) is 2.70. The molecule has 1 N–H and O–H groups in total. The van der Waals surface area contributed by atoms with Crippen molar-refractivity contribution in [3.8, 4) is 5.69 Å². The van der Waals surface area contributed by atoms with Crippen molar-refractivity contribution in [2.24, 2.45) is 0 Å². The predicted octanol–water partition coefficient (Wildman–Crippen LogP) is 4.32. The number of carbonyl (C=O) groups excluding carboxylic acids is 1. The Balaban J connectivity index is 1.69. The third-order valence-electron chi connectivity index (χ3n) is 3.98. The van der Waals surface area contributed by atoms with Crippen LogP contribution < -0.4 is 10.9 Å². The molecule has 0 spiro atoms. The fourth-order valence-electron chi connectivity index (χ4n) is 2.49. The smallest absolute Gasteiger partial charge is 0.287 e. The number of carbonyl (C=O) groups is 1. The number of amides is 1. The lowest BCUT2D eigenvalue weighted by atomic mass is 10.1. The minimum atomic E-state index is -0.564. The van der Waals surface area contributed by atoms with E-state index in [-0.39, 0.29) is 21.7 Å². The van der Waals surface area contributed by atoms with E-state index in [9.17, 15) is 14.0 Å². The van der Waals surface area contributed by atoms with Gasteiger partial charge < -0.3 is 5.32 Å². The van der Waals surface area contributed by atoms with Gasteiger partial charge in [-0.15, -0.1) is 0 Å². The van der Waals surface area contributed by atoms with Gasteiger partial charge in [-0.25, -0.2) is 9.37 Å². The highest BCUT2D eigenvalue weighted by Gasteiger charge is 2.11. The summed E-state index contributed by atoms with van der Waals surface area (Å²) in [6.45, 7) is 2.06. The van der Waals surface area contributed by atoms with Gasteiger partial charge in [0.15, 0.2) is 5.03 Å². The summed E-state index contributed by atoms with van der Waals surface area (Å²) in [7, 11) is 0. The maximum absolute atomic E-state index is 13.3. The maximum atomic E-state index is 13.3. The van der Waals surface area contributed by atoms with E-state index < -0.39 is 11.4 Å². The zero-order chi connectivity index (χ0) is 20.1. The van der Waals surface area contributed by atoms with Gasteiger partial charge in [0.2, 0.25) is 5.91 Å². The molecule has 0 saturated heterocycles. The maximum Gasteiger partial charge on any atom is 0.287 e. The first-order valence-corrected chi connectivity index (χ1v) is 9.89. The van der Waals surface area contributed by atoms with Gasteiger partial charge in [0, 0.05) is 18.1 Å². The minimum Gasteiger partial charge on any atom is -0.325 e. The molecule has 2 aromatic carbocycles. The molecule has 3 rings (SSSR count). The second-order valence-corrected chi connectivity index (χ2v) is 7.26. The molecule has 0 aliphatic heterocycles. The molecular formula is C20H17ClFN3O2S. The van der Waals surface area contributed by atoms with Crippen molar-refractivity contribution in [3.63, 3.8) is 0 Å². The quantitative estimate of drug-likeness (QED) is 0.607. The number of nitrogens with one attached hydrogen (secondary N) is 1. The molecule has 28 heavy (non-hydrogen) atoms. The summed E-state index contributed by atoms with van der Waals surface area (Å²) in [5.74, 6) is -0.771. The van der Waals surface area contributed by atoms with E-state index in [0.717, 1.165) is 18.2 Å². The molecule has 144 valence electrons. The lowest BCUT2D eigenvalue weighted by Crippen LogP contribution is -2.22. The normalized spacial score (nSPS) is 10.7. The second-order valence-electron chi connectivity index (χ2n) is 5.89. The topological polar surface area (TPSA) is 64.0 Å². The van der Waals surface area contributed by atoms with Crippen LogP contribution in [0.5, 0.6) is 0 Å². The zero-order valence-electron chi connectivity index (χ0n) is 15.0. The number of hydrogen-bond donors (Lipinski definition) is 1. The van der Waals surface area contributed by atoms with E-state index >= 15 is 0 Å². The lowest BCUT2D eigenvalue weighted by molar-refractivity contribution is -0.113. The van der Waals surface area contributed by atoms with Crippen molar-refractivity contribution < 1.29 is 9.18 Å². The average molecular weight is 418 g/mol. The molecule has 0 saturated carbocycles. The second kappa shape index (κ2) is 9.03. The summed E-state index contributed by atoms with van der Waals surface area (Å²) in [4.78, 5) is 28.8. The summed E-state index contributed by atoms with van der Waals surface area (Å²) >= 11 is 6.83. The molecule has 5 nitrogen and oxygen atoms in total. The molecule has 0 aliphatic carbocycles. The largest absolute Gasteiger partial charge is 0.325 e. The molecular weight excluding hydrogens is 401 g/mol. The van der Waals surface area contributed by atoms with Crippen molar-refractivity contribution in [2.75, 3.05) is 11.1 Å². The first kappa shape index (κ1) is 20.1. The number of nitrogens with zero attached hydrogens (tertiary/aromatic N) is 2. The van der Waals surface area contributed by atoms with E-state index in [1.165, 1.54) is 40.7 Å². The van der Waals surface area contributed by atoms with E-state index in [2.05, 4.69) is 17.2 Å². The number of aromatic nitrogens is 2. The Hall–Kier alpha value is -2.64. The van der Waals surface area contributed by atoms with Crippen LogP contribution in [0.2, 0.25) is 5.02 Å². The molecule has 0 atom stereocenters. The summed E-state index contributed by atoms with van der Waals surface area (Å²) in [5, 5.41) is 2.87. The summed E-state index contributed by atoms with van der Waals surface area (Å²) < 4.78 is 14.7. The number of halogens is 2. The SMILES string of the molecule is CCc1ccc(NC(=O)CSc2nccn(-c3ccc(F)c(Cl)c3)c2=O)cc1. The molecule has 1 aromatic heterocycles. The van der Waals surface area contributed by atoms with Gasteiger partial charge in [-0.2, -0.15) is 0 Å². The number of rotatable bonds is 6. The van der Waals surface area contributed by atoms with Gasteiger partial charge in [-0.05, 0) is 42.3 Å². The van der Waals surface area contributed by atoms with Crippen LogP contribution in [0.4, 0.5) is 10.1 Å². The molecule has 0 bridgehead atoms. The zero-order valence-corrected chi connectivity index (χ0v) is 16.6. The fraction of sp³-hybridized carbons (Fsp3) is 0.150. The standard InChI is InChI=1S/C20H17ClFN3O2S/c1-2-13-3-5-14(6-4-13)24-18(26)12-28-19-20(27)25(10-9-23-19)15-7-8-17(22)16(21)11-15/h3-11H,2,12H2,1H3,(H,24,26). The van der Waals surface area contributed by atoms with Gasteiger partial charge in [0.25, 0.3) is 5.56 Å². The van der Waals surface area contributed by atoms with Crippen LogP contribution >= 0.6 is 23.4 Å². The number of benzene rings is 2. The minimum absolute atomic E-state index is 0.0337. The first-order valence-electron chi connectivity index (χ1n) is 8.52. The predicted molar refractivity (Wildman–Crippen MR) is 110 cm³/mol. The monoisotopic (exact) mass is 417 g/mol. The molecule has 8 heteroatoms. The summed E-state index contributed by atoms with van der Waals surface area (Å²) in [6.07, 6.45) is 3.84. The molecule has 1 amide bonds. The van der Waals surface area contributed by atoms with E-state index in [4.69, 9.17) is 11.6 Å². The van der Waals surface area contributed by atoms with E-state index in [1.807, 2.05) is 24.3 Å². The molecule has 1 heterocycles. The number of thioether (sulfide) groups is 1. The Morgan fingerprint density at radius 1 is 1.25 bits per heavy atom. The van der Waals surface area contributed by atoms with Crippen molar-refractivity contribution in [1.29, 1.82) is 0 Å². The van der Waals surface area contributed by atoms with Gasteiger partial charge in [0.1, 0.15) is 5.82 Å². The Morgan fingerprint density at radius 2 is 2.00 bits per heavy atom. The number of aryl methyl sites for hydroxylation is 1. The van der Waals surface area contributed by atoms with Crippen LogP contribution in [0.15, 0.2) is 64.7 Å². The molecule has 0 unspecified atom stereocenters. The highest BCUT2D eigenvalue weighted by Crippen LogP contribution is 2.19. The van der Waals surface area contributed by atoms with Gasteiger partial charge >= 0.3 is 0 Å². The van der Waals surface area contributed by atoms with Gasteiger partial charge in [0.05, 0.1) is 16.5 Å². The molecule has 0 aliphatic rings. The number of hydrogen-bond acceptors (Lipinski definition) is 4. The Labute approximate surface area is 170 Å². The van der Waals surface area contributed by atoms with Crippen molar-refractivity contribution in [2.45, 2.75) is 18.4 Å². The third-order valence-corrected chi connectivity index (χ3v) is 5.23. The molecule has 0 radical (unpaired) electrons. The highest BCUT2D eigenvalue weighted by molar-refractivity contribution is 7.99. The first-order chi connectivity index (χ1) is 13.5. The van der Waals surface area contributed by atoms with Crippen LogP contribution in [-0.4, -0.2) is 21.2 Å². The summed E-state index contributed by atoms with van der Waals surface area (Å²) in [6, 6.07) is 11.6. The number of anilines is 1. The van der Waals surface area contributed by atoms with E-state index in [1.54, 1.807) is 0 Å². The third kappa shape index (κ3) is 4.79. The van der Waals surface area contributed by atoms with Crippen LogP contribution in [-0.2, 0) is 11.2 Å². The fourth-order valence-corrected chi connectivity index (χ4v) is 3.36. The van der Waals surface area contributed by atoms with Crippen molar-refractivity contribution in [3.05, 3.63) is 81.6 Å². The van der Waals surface area contributed by atoms with Gasteiger partial charge in [-0.1, -0.05) is 42.4 Å². The molecule has 3 aromatic rings. The van der Waals surface area contributed by atoms with Crippen molar-refractivity contribution >= 4 is 35.0 Å². The Bertz CT molecular complexity index is 1050. The molecule has 0 fully saturated rings. The van der Waals surface area contributed by atoms with Crippen molar-refractivity contribution in [1.82, 2.24) is 9.55 Å². The van der Waals surface area contributed by atoms with Crippen LogP contribution in [0, 0.1) is 5.82 Å². The highest BCUT2D eigenvalue weighted by atomic mass is 35.5. The van der Waals surface area contributed by atoms with E-state index in [0.29, 0.717) is 11.4 Å². The van der Waals surface area contributed by atoms with Crippen LogP contribution in [0.3, 0.4) is 0 Å². The van der Waals surface area contributed by atoms with Gasteiger partial charge in [-0.3, -0.25) is 14.2 Å². The van der Waals surface area contributed by atoms with Crippen LogP contribution in [0.25, 0.3) is 5.69 Å². The Kier molecular flexibility index (Phi) is 6.49.